The first kappa shape index (κ1) is 14.0. The first-order chi connectivity index (χ1) is 8.09. The van der Waals surface area contributed by atoms with E-state index in [0.717, 1.165) is 17.9 Å². The summed E-state index contributed by atoms with van der Waals surface area (Å²) in [5, 5.41) is 0. The number of hydrogen-bond acceptors (Lipinski definition) is 3. The second kappa shape index (κ2) is 7.30. The van der Waals surface area contributed by atoms with Crippen LogP contribution in [0, 0.1) is 5.92 Å². The quantitative estimate of drug-likeness (QED) is 0.742. The first-order valence-corrected chi connectivity index (χ1v) is 6.15. The molecular formula is C14H23NO2. The van der Waals surface area contributed by atoms with Crippen LogP contribution in [0.15, 0.2) is 24.3 Å². The zero-order chi connectivity index (χ0) is 12.7. The second-order valence-corrected chi connectivity index (χ2v) is 4.68. The van der Waals surface area contributed by atoms with Crippen molar-refractivity contribution in [1.82, 2.24) is 0 Å². The third kappa shape index (κ3) is 5.71. The van der Waals surface area contributed by atoms with Crippen molar-refractivity contribution in [2.45, 2.75) is 26.8 Å². The molecule has 2 N–H and O–H groups in total. The molecular weight excluding hydrogens is 214 g/mol. The Morgan fingerprint density at radius 2 is 1.94 bits per heavy atom. The van der Waals surface area contributed by atoms with Crippen molar-refractivity contribution in [3.8, 4) is 5.75 Å². The van der Waals surface area contributed by atoms with Crippen LogP contribution in [0.5, 0.6) is 5.75 Å². The lowest BCUT2D eigenvalue weighted by atomic mass is 10.1. The largest absolute Gasteiger partial charge is 0.491 e. The average molecular weight is 237 g/mol. The standard InChI is InChI=1S/C14H23NO2/c1-11(2)10-16-7-8-17-14-6-4-5-13(9-14)12(3)15/h4-6,9,11-12H,7-8,10,15H2,1-3H3/t12-/m1/s1. The van der Waals surface area contributed by atoms with Crippen LogP contribution < -0.4 is 10.5 Å². The maximum absolute atomic E-state index is 5.81. The predicted molar refractivity (Wildman–Crippen MR) is 70.2 cm³/mol. The molecule has 0 saturated heterocycles. The average Bonchev–Trinajstić information content (AvgIpc) is 2.28. The summed E-state index contributed by atoms with van der Waals surface area (Å²) >= 11 is 0. The smallest absolute Gasteiger partial charge is 0.119 e. The molecule has 0 aromatic heterocycles. The van der Waals surface area contributed by atoms with Gasteiger partial charge in [0.25, 0.3) is 0 Å². The molecule has 0 bridgehead atoms. The summed E-state index contributed by atoms with van der Waals surface area (Å²) in [5.74, 6) is 1.42. The van der Waals surface area contributed by atoms with Crippen molar-refractivity contribution in [2.75, 3.05) is 19.8 Å². The van der Waals surface area contributed by atoms with Crippen molar-refractivity contribution >= 4 is 0 Å². The highest BCUT2D eigenvalue weighted by Gasteiger charge is 2.01. The Balaban J connectivity index is 2.29. The van der Waals surface area contributed by atoms with E-state index in [1.165, 1.54) is 0 Å². The zero-order valence-electron chi connectivity index (χ0n) is 11.0. The Morgan fingerprint density at radius 3 is 2.59 bits per heavy atom. The minimum Gasteiger partial charge on any atom is -0.491 e. The summed E-state index contributed by atoms with van der Waals surface area (Å²) in [4.78, 5) is 0. The van der Waals surface area contributed by atoms with Gasteiger partial charge >= 0.3 is 0 Å². The van der Waals surface area contributed by atoms with Crippen LogP contribution in [0.4, 0.5) is 0 Å². The molecule has 1 atom stereocenters. The molecule has 0 aliphatic heterocycles. The Bertz CT molecular complexity index is 324. The molecule has 17 heavy (non-hydrogen) atoms. The molecule has 0 aliphatic carbocycles. The van der Waals surface area contributed by atoms with Gasteiger partial charge in [0, 0.05) is 12.6 Å². The van der Waals surface area contributed by atoms with Crippen LogP contribution in [0.1, 0.15) is 32.4 Å². The van der Waals surface area contributed by atoms with Crippen molar-refractivity contribution < 1.29 is 9.47 Å². The molecule has 0 amide bonds. The fourth-order valence-electron chi connectivity index (χ4n) is 1.43. The number of hydrogen-bond donors (Lipinski definition) is 1. The Hall–Kier alpha value is -1.06. The van der Waals surface area contributed by atoms with E-state index in [-0.39, 0.29) is 6.04 Å². The summed E-state index contributed by atoms with van der Waals surface area (Å²) < 4.78 is 11.0. The molecule has 96 valence electrons. The van der Waals surface area contributed by atoms with E-state index in [2.05, 4.69) is 13.8 Å². The molecule has 0 spiro atoms. The Labute approximate surface area is 104 Å². The maximum Gasteiger partial charge on any atom is 0.119 e. The highest BCUT2D eigenvalue weighted by molar-refractivity contribution is 5.30. The monoisotopic (exact) mass is 237 g/mol. The van der Waals surface area contributed by atoms with Crippen molar-refractivity contribution in [3.05, 3.63) is 29.8 Å². The number of ether oxygens (including phenoxy) is 2. The van der Waals surface area contributed by atoms with Crippen LogP contribution in [-0.2, 0) is 4.74 Å². The van der Waals surface area contributed by atoms with Gasteiger partial charge in [-0.1, -0.05) is 26.0 Å². The molecule has 3 nitrogen and oxygen atoms in total. The van der Waals surface area contributed by atoms with E-state index >= 15 is 0 Å². The highest BCUT2D eigenvalue weighted by atomic mass is 16.5. The van der Waals surface area contributed by atoms with Crippen LogP contribution in [0.2, 0.25) is 0 Å². The molecule has 3 heteroatoms. The lowest BCUT2D eigenvalue weighted by Gasteiger charge is -2.11. The van der Waals surface area contributed by atoms with Gasteiger partial charge in [0.2, 0.25) is 0 Å². The van der Waals surface area contributed by atoms with Crippen LogP contribution in [-0.4, -0.2) is 19.8 Å². The van der Waals surface area contributed by atoms with Gasteiger partial charge in [0.1, 0.15) is 12.4 Å². The number of rotatable bonds is 7. The van der Waals surface area contributed by atoms with Gasteiger partial charge in [-0.3, -0.25) is 0 Å². The Morgan fingerprint density at radius 1 is 1.18 bits per heavy atom. The predicted octanol–water partition coefficient (Wildman–Crippen LogP) is 2.76. The summed E-state index contributed by atoms with van der Waals surface area (Å²) in [6.07, 6.45) is 0. The highest BCUT2D eigenvalue weighted by Crippen LogP contribution is 2.17. The molecule has 0 radical (unpaired) electrons. The van der Waals surface area contributed by atoms with Crippen molar-refractivity contribution in [1.29, 1.82) is 0 Å². The van der Waals surface area contributed by atoms with Gasteiger partial charge in [-0.2, -0.15) is 0 Å². The van der Waals surface area contributed by atoms with E-state index < -0.39 is 0 Å². The molecule has 0 aliphatic rings. The van der Waals surface area contributed by atoms with E-state index in [4.69, 9.17) is 15.2 Å². The lowest BCUT2D eigenvalue weighted by molar-refractivity contribution is 0.0819. The van der Waals surface area contributed by atoms with Gasteiger partial charge in [-0.25, -0.2) is 0 Å². The minimum absolute atomic E-state index is 0.0377. The number of nitrogens with two attached hydrogens (primary N) is 1. The van der Waals surface area contributed by atoms with E-state index in [1.54, 1.807) is 0 Å². The van der Waals surface area contributed by atoms with Gasteiger partial charge in [-0.15, -0.1) is 0 Å². The molecule has 0 heterocycles. The summed E-state index contributed by atoms with van der Waals surface area (Å²) in [5.41, 5.74) is 6.90. The summed E-state index contributed by atoms with van der Waals surface area (Å²) in [6, 6.07) is 7.92. The SMILES string of the molecule is CC(C)COCCOc1cccc([C@@H](C)N)c1. The topological polar surface area (TPSA) is 44.5 Å². The van der Waals surface area contributed by atoms with Crippen LogP contribution in [0.3, 0.4) is 0 Å². The van der Waals surface area contributed by atoms with Crippen molar-refractivity contribution in [2.24, 2.45) is 11.7 Å². The molecule has 0 unspecified atom stereocenters. The number of benzene rings is 1. The molecule has 1 aromatic carbocycles. The fourth-order valence-corrected chi connectivity index (χ4v) is 1.43. The second-order valence-electron chi connectivity index (χ2n) is 4.68. The van der Waals surface area contributed by atoms with Crippen LogP contribution in [0.25, 0.3) is 0 Å². The zero-order valence-corrected chi connectivity index (χ0v) is 11.0. The van der Waals surface area contributed by atoms with Gasteiger partial charge in [0.05, 0.1) is 6.61 Å². The van der Waals surface area contributed by atoms with Crippen molar-refractivity contribution in [3.63, 3.8) is 0 Å². The molecule has 0 saturated carbocycles. The third-order valence-corrected chi connectivity index (χ3v) is 2.33. The molecule has 1 aromatic rings. The van der Waals surface area contributed by atoms with Gasteiger partial charge < -0.3 is 15.2 Å². The third-order valence-electron chi connectivity index (χ3n) is 2.33. The van der Waals surface area contributed by atoms with Gasteiger partial charge in [0.15, 0.2) is 0 Å². The fraction of sp³-hybridized carbons (Fsp3) is 0.571. The molecule has 0 fully saturated rings. The van der Waals surface area contributed by atoms with E-state index in [0.29, 0.717) is 19.1 Å². The normalized spacial score (nSPS) is 12.8. The lowest BCUT2D eigenvalue weighted by Crippen LogP contribution is -2.10. The molecule has 1 rings (SSSR count). The maximum atomic E-state index is 5.81. The van der Waals surface area contributed by atoms with E-state index in [9.17, 15) is 0 Å². The first-order valence-electron chi connectivity index (χ1n) is 6.15. The minimum atomic E-state index is 0.0377. The van der Waals surface area contributed by atoms with Gasteiger partial charge in [-0.05, 0) is 30.5 Å². The van der Waals surface area contributed by atoms with E-state index in [1.807, 2.05) is 31.2 Å². The van der Waals surface area contributed by atoms with Crippen LogP contribution >= 0.6 is 0 Å². The Kier molecular flexibility index (Phi) is 6.01. The summed E-state index contributed by atoms with van der Waals surface area (Å²) in [6.45, 7) is 8.21. The summed E-state index contributed by atoms with van der Waals surface area (Å²) in [7, 11) is 0.